The largest absolute Gasteiger partial charge is 0.494 e. The average molecular weight is 387 g/mol. The maximum absolute atomic E-state index is 13.9. The second kappa shape index (κ2) is 6.92. The SMILES string of the molecule is COc1cnccc1-c1[nH]c2c(c1Nc1cccc(F)c1Cl)C(=O)NCC2. The fraction of sp³-hybridized carbons (Fsp3) is 0.158. The van der Waals surface area contributed by atoms with Crippen LogP contribution >= 0.6 is 11.6 Å². The van der Waals surface area contributed by atoms with E-state index in [-0.39, 0.29) is 10.9 Å². The molecule has 27 heavy (non-hydrogen) atoms. The number of anilines is 2. The molecule has 4 rings (SSSR count). The molecule has 0 saturated carbocycles. The summed E-state index contributed by atoms with van der Waals surface area (Å²) in [4.78, 5) is 19.9. The lowest BCUT2D eigenvalue weighted by molar-refractivity contribution is 0.0947. The van der Waals surface area contributed by atoms with Crippen molar-refractivity contribution >= 4 is 28.9 Å². The number of halogens is 2. The van der Waals surface area contributed by atoms with Gasteiger partial charge in [-0.05, 0) is 18.2 Å². The Morgan fingerprint density at radius 3 is 3.00 bits per heavy atom. The van der Waals surface area contributed by atoms with E-state index in [0.717, 1.165) is 11.3 Å². The van der Waals surface area contributed by atoms with E-state index in [9.17, 15) is 9.18 Å². The first-order valence-electron chi connectivity index (χ1n) is 8.32. The van der Waals surface area contributed by atoms with Crippen molar-refractivity contribution in [2.75, 3.05) is 19.0 Å². The standard InChI is InChI=1S/C19H16ClFN4O2/c1-27-14-9-22-7-5-10(14)17-18(15-12(24-17)6-8-23-19(15)26)25-13-4-2-3-11(21)16(13)20/h2-5,7,9,24-25H,6,8H2,1H3,(H,23,26). The minimum absolute atomic E-state index is 0.0451. The number of aromatic nitrogens is 2. The first kappa shape index (κ1) is 17.4. The lowest BCUT2D eigenvalue weighted by Crippen LogP contribution is -2.31. The third-order valence-electron chi connectivity index (χ3n) is 4.45. The second-order valence-corrected chi connectivity index (χ2v) is 6.41. The zero-order chi connectivity index (χ0) is 19.0. The van der Waals surface area contributed by atoms with Crippen LogP contribution in [0.5, 0.6) is 5.75 Å². The fourth-order valence-electron chi connectivity index (χ4n) is 3.19. The van der Waals surface area contributed by atoms with Crippen LogP contribution in [-0.2, 0) is 6.42 Å². The van der Waals surface area contributed by atoms with Crippen molar-refractivity contribution in [3.63, 3.8) is 0 Å². The summed E-state index contributed by atoms with van der Waals surface area (Å²) in [5.41, 5.74) is 3.53. The summed E-state index contributed by atoms with van der Waals surface area (Å²) in [5, 5.41) is 5.92. The highest BCUT2D eigenvalue weighted by Gasteiger charge is 2.28. The number of methoxy groups -OCH3 is 1. The van der Waals surface area contributed by atoms with Gasteiger partial charge in [-0.25, -0.2) is 4.39 Å². The summed E-state index contributed by atoms with van der Waals surface area (Å²) in [6.07, 6.45) is 3.88. The number of fused-ring (bicyclic) bond motifs is 1. The first-order chi connectivity index (χ1) is 13.1. The Labute approximate surface area is 159 Å². The molecule has 0 saturated heterocycles. The molecule has 0 aliphatic carbocycles. The van der Waals surface area contributed by atoms with Crippen LogP contribution in [0.4, 0.5) is 15.8 Å². The molecule has 0 bridgehead atoms. The molecule has 3 heterocycles. The van der Waals surface area contributed by atoms with E-state index >= 15 is 0 Å². The van der Waals surface area contributed by atoms with Crippen LogP contribution in [0.15, 0.2) is 36.7 Å². The van der Waals surface area contributed by atoms with Crippen LogP contribution < -0.4 is 15.4 Å². The van der Waals surface area contributed by atoms with Gasteiger partial charge in [0.15, 0.2) is 0 Å². The summed E-state index contributed by atoms with van der Waals surface area (Å²) in [7, 11) is 1.55. The Hall–Kier alpha value is -3.06. The smallest absolute Gasteiger partial charge is 0.255 e. The van der Waals surface area contributed by atoms with Crippen molar-refractivity contribution < 1.29 is 13.9 Å². The molecule has 0 spiro atoms. The predicted octanol–water partition coefficient (Wildman–Crippen LogP) is 3.91. The van der Waals surface area contributed by atoms with Gasteiger partial charge in [0, 0.05) is 30.4 Å². The minimum Gasteiger partial charge on any atom is -0.494 e. The molecule has 1 aliphatic heterocycles. The maximum atomic E-state index is 13.9. The first-order valence-corrected chi connectivity index (χ1v) is 8.70. The van der Waals surface area contributed by atoms with Crippen molar-refractivity contribution in [2.24, 2.45) is 0 Å². The van der Waals surface area contributed by atoms with Crippen LogP contribution in [-0.4, -0.2) is 29.5 Å². The number of carbonyl (C=O) groups excluding carboxylic acids is 1. The number of nitrogens with one attached hydrogen (secondary N) is 3. The van der Waals surface area contributed by atoms with Crippen molar-refractivity contribution in [1.82, 2.24) is 15.3 Å². The Morgan fingerprint density at radius 2 is 2.19 bits per heavy atom. The van der Waals surface area contributed by atoms with Crippen molar-refractivity contribution in [2.45, 2.75) is 6.42 Å². The number of amides is 1. The second-order valence-electron chi connectivity index (χ2n) is 6.04. The number of carbonyl (C=O) groups is 1. The van der Waals surface area contributed by atoms with Crippen molar-refractivity contribution in [3.8, 4) is 17.0 Å². The van der Waals surface area contributed by atoms with Gasteiger partial charge in [0.2, 0.25) is 0 Å². The molecule has 2 aromatic heterocycles. The molecule has 1 aliphatic rings. The number of H-pyrrole nitrogens is 1. The van der Waals surface area contributed by atoms with Gasteiger partial charge in [-0.15, -0.1) is 0 Å². The highest BCUT2D eigenvalue weighted by molar-refractivity contribution is 6.33. The molecule has 8 heteroatoms. The number of hydrogen-bond acceptors (Lipinski definition) is 4. The molecular weight excluding hydrogens is 371 g/mol. The van der Waals surface area contributed by atoms with E-state index in [1.807, 2.05) is 0 Å². The summed E-state index contributed by atoms with van der Waals surface area (Å²) in [5.74, 6) is -0.203. The van der Waals surface area contributed by atoms with E-state index in [1.54, 1.807) is 37.7 Å². The molecule has 3 aromatic rings. The highest BCUT2D eigenvalue weighted by Crippen LogP contribution is 2.41. The van der Waals surface area contributed by atoms with E-state index in [1.165, 1.54) is 6.07 Å². The van der Waals surface area contributed by atoms with Gasteiger partial charge in [-0.3, -0.25) is 9.78 Å². The molecule has 3 N–H and O–H groups in total. The van der Waals surface area contributed by atoms with Crippen LogP contribution in [0.3, 0.4) is 0 Å². The number of pyridine rings is 1. The van der Waals surface area contributed by atoms with E-state index in [0.29, 0.717) is 41.3 Å². The van der Waals surface area contributed by atoms with Crippen LogP contribution in [0.2, 0.25) is 5.02 Å². The quantitative estimate of drug-likeness (QED) is 0.635. The van der Waals surface area contributed by atoms with E-state index in [2.05, 4.69) is 20.6 Å². The van der Waals surface area contributed by atoms with Gasteiger partial charge in [0.25, 0.3) is 5.91 Å². The third kappa shape index (κ3) is 3.00. The Morgan fingerprint density at radius 1 is 1.33 bits per heavy atom. The normalized spacial score (nSPS) is 13.1. The van der Waals surface area contributed by atoms with Gasteiger partial charge in [0.1, 0.15) is 11.6 Å². The zero-order valence-electron chi connectivity index (χ0n) is 14.4. The average Bonchev–Trinajstić information content (AvgIpc) is 3.05. The van der Waals surface area contributed by atoms with E-state index < -0.39 is 5.82 Å². The fourth-order valence-corrected chi connectivity index (χ4v) is 3.36. The monoisotopic (exact) mass is 386 g/mol. The molecule has 0 atom stereocenters. The molecule has 0 fully saturated rings. The zero-order valence-corrected chi connectivity index (χ0v) is 15.2. The van der Waals surface area contributed by atoms with Gasteiger partial charge in [-0.2, -0.15) is 0 Å². The number of rotatable bonds is 4. The Bertz CT molecular complexity index is 1030. The molecule has 1 aromatic carbocycles. The third-order valence-corrected chi connectivity index (χ3v) is 4.83. The van der Waals surface area contributed by atoms with Gasteiger partial charge in [-0.1, -0.05) is 17.7 Å². The molecule has 1 amide bonds. The van der Waals surface area contributed by atoms with E-state index in [4.69, 9.17) is 16.3 Å². The molecule has 138 valence electrons. The minimum atomic E-state index is -0.543. The summed E-state index contributed by atoms with van der Waals surface area (Å²) < 4.78 is 19.3. The van der Waals surface area contributed by atoms with Crippen LogP contribution in [0, 0.1) is 5.82 Å². The molecular formula is C19H16ClFN4O2. The van der Waals surface area contributed by atoms with Gasteiger partial charge in [0.05, 0.1) is 41.0 Å². The highest BCUT2D eigenvalue weighted by atomic mass is 35.5. The number of nitrogens with zero attached hydrogens (tertiary/aromatic N) is 1. The maximum Gasteiger partial charge on any atom is 0.255 e. The molecule has 0 radical (unpaired) electrons. The van der Waals surface area contributed by atoms with Crippen molar-refractivity contribution in [1.29, 1.82) is 0 Å². The lowest BCUT2D eigenvalue weighted by atomic mass is 10.0. The summed E-state index contributed by atoms with van der Waals surface area (Å²) in [6.45, 7) is 0.541. The number of hydrogen-bond donors (Lipinski definition) is 3. The number of benzene rings is 1. The molecule has 6 nitrogen and oxygen atoms in total. The number of ether oxygens (including phenoxy) is 1. The summed E-state index contributed by atoms with van der Waals surface area (Å²) in [6, 6.07) is 6.26. The lowest BCUT2D eigenvalue weighted by Gasteiger charge is -2.16. The van der Waals surface area contributed by atoms with Gasteiger partial charge < -0.3 is 20.4 Å². The summed E-state index contributed by atoms with van der Waals surface area (Å²) >= 11 is 6.10. The van der Waals surface area contributed by atoms with Crippen LogP contribution in [0.1, 0.15) is 16.1 Å². The van der Waals surface area contributed by atoms with Crippen LogP contribution in [0.25, 0.3) is 11.3 Å². The Kier molecular flexibility index (Phi) is 4.45. The number of aromatic amines is 1. The van der Waals surface area contributed by atoms with Gasteiger partial charge >= 0.3 is 0 Å². The topological polar surface area (TPSA) is 79.0 Å². The van der Waals surface area contributed by atoms with Crippen molar-refractivity contribution in [3.05, 3.63) is 58.8 Å². The molecule has 0 unspecified atom stereocenters. The predicted molar refractivity (Wildman–Crippen MR) is 101 cm³/mol. The Balaban J connectivity index is 1.92.